The minimum absolute atomic E-state index is 0.0269. The molecule has 1 rings (SSSR count). The first kappa shape index (κ1) is 9.90. The Bertz CT molecular complexity index is 176. The van der Waals surface area contributed by atoms with E-state index in [4.69, 9.17) is 4.74 Å². The summed E-state index contributed by atoms with van der Waals surface area (Å²) < 4.78 is 11.6. The Morgan fingerprint density at radius 1 is 1.50 bits per heavy atom. The number of nitrogens with zero attached hydrogens (tertiary/aromatic N) is 1. The van der Waals surface area contributed by atoms with E-state index in [2.05, 4.69) is 14.1 Å². The molecule has 0 aromatic rings. The molecular weight excluding hydrogens is 177 g/mol. The van der Waals surface area contributed by atoms with E-state index in [1.54, 1.807) is 7.11 Å². The lowest BCUT2D eigenvalue weighted by Crippen LogP contribution is -2.34. The van der Waals surface area contributed by atoms with Crippen molar-refractivity contribution in [1.29, 1.82) is 0 Å². The van der Waals surface area contributed by atoms with Gasteiger partial charge in [-0.25, -0.2) is 4.67 Å². The Labute approximate surface area is 74.5 Å². The van der Waals surface area contributed by atoms with Crippen LogP contribution in [0.25, 0.3) is 0 Å². The van der Waals surface area contributed by atoms with E-state index in [9.17, 15) is 4.79 Å². The number of hydrogen-bond donors (Lipinski definition) is 0. The molecule has 1 aliphatic rings. The molecule has 1 aliphatic heterocycles. The highest BCUT2D eigenvalue weighted by Gasteiger charge is 2.35. The second-order valence-corrected chi connectivity index (χ2v) is 3.35. The van der Waals surface area contributed by atoms with E-state index >= 15 is 0 Å². The third-order valence-electron chi connectivity index (χ3n) is 2.12. The molecule has 1 heterocycles. The first-order valence-electron chi connectivity index (χ1n) is 3.84. The molecule has 0 N–H and O–H groups in total. The summed E-state index contributed by atoms with van der Waals surface area (Å²) in [6.07, 6.45) is 1.70. The van der Waals surface area contributed by atoms with Crippen LogP contribution in [0.3, 0.4) is 0 Å². The van der Waals surface area contributed by atoms with Crippen LogP contribution in [0.5, 0.6) is 0 Å². The third-order valence-corrected chi connectivity index (χ3v) is 2.82. The lowest BCUT2D eigenvalue weighted by atomic mass is 10.2. The van der Waals surface area contributed by atoms with Crippen molar-refractivity contribution in [1.82, 2.24) is 4.67 Å². The maximum Gasteiger partial charge on any atom is 0.323 e. The molecule has 0 spiro atoms. The summed E-state index contributed by atoms with van der Waals surface area (Å²) in [4.78, 5) is 11.2. The third kappa shape index (κ3) is 1.76. The zero-order chi connectivity index (χ0) is 9.14. The predicted octanol–water partition coefficient (Wildman–Crippen LogP) is 0.386. The van der Waals surface area contributed by atoms with Gasteiger partial charge in [-0.3, -0.25) is 4.79 Å². The molecule has 0 radical (unpaired) electrons. The summed E-state index contributed by atoms with van der Waals surface area (Å²) in [5.74, 6) is -0.190. The molecule has 1 fully saturated rings. The maximum absolute atomic E-state index is 11.2. The highest BCUT2D eigenvalue weighted by Crippen LogP contribution is 2.28. The molecule has 0 saturated carbocycles. The maximum atomic E-state index is 11.2. The number of hydrogen-bond acceptors (Lipinski definition) is 4. The van der Waals surface area contributed by atoms with Crippen LogP contribution < -0.4 is 0 Å². The van der Waals surface area contributed by atoms with Crippen LogP contribution in [0, 0.1) is 0 Å². The summed E-state index contributed by atoms with van der Waals surface area (Å²) >= 11 is 0. The van der Waals surface area contributed by atoms with Crippen molar-refractivity contribution < 1.29 is 14.3 Å². The Hall–Kier alpha value is -0.180. The zero-order valence-electron chi connectivity index (χ0n) is 7.32. The second kappa shape index (κ2) is 4.17. The van der Waals surface area contributed by atoms with Crippen molar-refractivity contribution in [2.45, 2.75) is 25.1 Å². The van der Waals surface area contributed by atoms with E-state index in [0.717, 1.165) is 12.8 Å². The lowest BCUT2D eigenvalue weighted by Gasteiger charge is -2.21. The number of ether oxygens (including phenoxy) is 2. The van der Waals surface area contributed by atoms with Crippen LogP contribution in [0.1, 0.15) is 12.8 Å². The van der Waals surface area contributed by atoms with Gasteiger partial charge in [-0.1, -0.05) is 9.39 Å². The molecule has 5 heteroatoms. The van der Waals surface area contributed by atoms with Crippen molar-refractivity contribution in [3.05, 3.63) is 0 Å². The summed E-state index contributed by atoms with van der Waals surface area (Å²) in [5.41, 5.74) is 0. The minimum Gasteiger partial charge on any atom is -0.468 e. The van der Waals surface area contributed by atoms with Gasteiger partial charge < -0.3 is 9.47 Å². The fourth-order valence-electron chi connectivity index (χ4n) is 1.41. The zero-order valence-corrected chi connectivity index (χ0v) is 8.47. The minimum atomic E-state index is -0.190. The van der Waals surface area contributed by atoms with Crippen LogP contribution in [0.2, 0.25) is 0 Å². The monoisotopic (exact) mass is 191 g/mol. The van der Waals surface area contributed by atoms with Crippen molar-refractivity contribution in [2.24, 2.45) is 0 Å². The molecule has 2 unspecified atom stereocenters. The van der Waals surface area contributed by atoms with Gasteiger partial charge in [0.15, 0.2) is 0 Å². The Morgan fingerprint density at radius 3 is 2.58 bits per heavy atom. The van der Waals surface area contributed by atoms with E-state index in [1.165, 1.54) is 7.11 Å². The molecule has 1 saturated heterocycles. The van der Waals surface area contributed by atoms with Gasteiger partial charge in [0.25, 0.3) is 0 Å². The van der Waals surface area contributed by atoms with Crippen molar-refractivity contribution in [3.63, 3.8) is 0 Å². The lowest BCUT2D eigenvalue weighted by molar-refractivity contribution is -0.145. The number of carbonyl (C=O) groups is 1. The standard InChI is InChI=1S/C7H14NO3P/c1-10-6-4-3-5(8(6)12)7(9)11-2/h5-6H,3-4,12H2,1-2H3/t5-,6?/m0/s1. The number of esters is 1. The van der Waals surface area contributed by atoms with Crippen molar-refractivity contribution >= 4 is 15.4 Å². The predicted molar refractivity (Wildman–Crippen MR) is 47.4 cm³/mol. The van der Waals surface area contributed by atoms with Gasteiger partial charge in [-0.15, -0.1) is 0 Å². The van der Waals surface area contributed by atoms with Gasteiger partial charge in [0.05, 0.1) is 7.11 Å². The summed E-state index contributed by atoms with van der Waals surface area (Å²) in [5, 5.41) is 0. The molecule has 4 nitrogen and oxygen atoms in total. The Morgan fingerprint density at radius 2 is 2.17 bits per heavy atom. The molecule has 0 bridgehead atoms. The molecule has 0 amide bonds. The van der Waals surface area contributed by atoms with Crippen LogP contribution in [0.4, 0.5) is 0 Å². The fraction of sp³-hybridized carbons (Fsp3) is 0.857. The average molecular weight is 191 g/mol. The SMILES string of the molecule is COC(=O)[C@@H]1CCC(OC)N1P. The molecule has 3 atom stereocenters. The van der Waals surface area contributed by atoms with Gasteiger partial charge in [-0.2, -0.15) is 0 Å². The van der Waals surface area contributed by atoms with Gasteiger partial charge in [0.1, 0.15) is 12.3 Å². The van der Waals surface area contributed by atoms with Crippen LogP contribution in [0.15, 0.2) is 0 Å². The summed E-state index contributed by atoms with van der Waals surface area (Å²) in [6, 6.07) is -0.162. The van der Waals surface area contributed by atoms with E-state index < -0.39 is 0 Å². The number of methoxy groups -OCH3 is 2. The number of rotatable bonds is 2. The molecule has 0 aromatic heterocycles. The Balaban J connectivity index is 2.54. The van der Waals surface area contributed by atoms with Gasteiger partial charge in [0.2, 0.25) is 0 Å². The normalized spacial score (nSPS) is 30.6. The average Bonchev–Trinajstić information content (AvgIpc) is 2.45. The Kier molecular flexibility index (Phi) is 3.44. The second-order valence-electron chi connectivity index (χ2n) is 2.75. The van der Waals surface area contributed by atoms with E-state index in [0.29, 0.717) is 0 Å². The van der Waals surface area contributed by atoms with Gasteiger partial charge >= 0.3 is 5.97 Å². The first-order valence-corrected chi connectivity index (χ1v) is 4.36. The first-order chi connectivity index (χ1) is 5.70. The van der Waals surface area contributed by atoms with Crippen LogP contribution in [-0.2, 0) is 14.3 Å². The van der Waals surface area contributed by atoms with Gasteiger partial charge in [0, 0.05) is 7.11 Å². The summed E-state index contributed by atoms with van der Waals surface area (Å²) in [6.45, 7) is 0. The quantitative estimate of drug-likeness (QED) is 0.467. The van der Waals surface area contributed by atoms with Gasteiger partial charge in [-0.05, 0) is 12.8 Å². The van der Waals surface area contributed by atoms with E-state index in [-0.39, 0.29) is 18.2 Å². The fourth-order valence-corrected chi connectivity index (χ4v) is 1.96. The largest absolute Gasteiger partial charge is 0.468 e. The van der Waals surface area contributed by atoms with Crippen LogP contribution >= 0.6 is 9.39 Å². The topological polar surface area (TPSA) is 38.8 Å². The molecule has 12 heavy (non-hydrogen) atoms. The van der Waals surface area contributed by atoms with Crippen LogP contribution in [-0.4, -0.2) is 37.1 Å². The summed E-state index contributed by atoms with van der Waals surface area (Å²) in [7, 11) is 5.55. The van der Waals surface area contributed by atoms with Crippen molar-refractivity contribution in [3.8, 4) is 0 Å². The molecule has 70 valence electrons. The highest BCUT2D eigenvalue weighted by atomic mass is 31.0. The smallest absolute Gasteiger partial charge is 0.323 e. The molecule has 0 aliphatic carbocycles. The molecule has 0 aromatic carbocycles. The number of carbonyl (C=O) groups excluding carboxylic acids is 1. The van der Waals surface area contributed by atoms with E-state index in [1.807, 2.05) is 4.67 Å². The van der Waals surface area contributed by atoms with Crippen molar-refractivity contribution in [2.75, 3.05) is 14.2 Å². The highest BCUT2D eigenvalue weighted by molar-refractivity contribution is 7.13. The molecular formula is C7H14NO3P.